The van der Waals surface area contributed by atoms with Gasteiger partial charge in [-0.3, -0.25) is 4.98 Å². The van der Waals surface area contributed by atoms with Crippen LogP contribution in [0.2, 0.25) is 0 Å². The van der Waals surface area contributed by atoms with Crippen LogP contribution < -0.4 is 4.74 Å². The number of aromatic nitrogens is 4. The molecule has 5 heterocycles. The molecule has 0 spiro atoms. The second-order valence-corrected chi connectivity index (χ2v) is 14.5. The molecule has 3 aromatic carbocycles. The average Bonchev–Trinajstić information content (AvgIpc) is 3.93. The number of hydrogen-bond acceptors (Lipinski definition) is 3. The number of benzene rings is 3. The molecule has 0 fully saturated rings. The van der Waals surface area contributed by atoms with Gasteiger partial charge in [-0.1, -0.05) is 84.9 Å². The Hall–Kier alpha value is -5.16. The molecule has 6 aromatic rings. The number of H-pyrrole nitrogens is 2. The van der Waals surface area contributed by atoms with Crippen LogP contribution in [0.5, 0.6) is 5.75 Å². The van der Waals surface area contributed by atoms with Gasteiger partial charge in [0.2, 0.25) is 0 Å². The fourth-order valence-corrected chi connectivity index (χ4v) is 9.48. The molecule has 0 saturated heterocycles. The van der Waals surface area contributed by atoms with Gasteiger partial charge in [0, 0.05) is 27.9 Å². The van der Waals surface area contributed by atoms with Crippen LogP contribution in [0.1, 0.15) is 119 Å². The minimum Gasteiger partial charge on any atom is -0.497 e. The van der Waals surface area contributed by atoms with Crippen LogP contribution in [0.4, 0.5) is 0 Å². The largest absolute Gasteiger partial charge is 0.497 e. The highest BCUT2D eigenvalue weighted by Crippen LogP contribution is 2.45. The minimum absolute atomic E-state index is 0.199. The predicted octanol–water partition coefficient (Wildman–Crippen LogP) is 12.8. The molecule has 270 valence electrons. The van der Waals surface area contributed by atoms with Crippen LogP contribution in [-0.2, 0) is 25.7 Å². The highest BCUT2D eigenvalue weighted by Gasteiger charge is 2.28. The van der Waals surface area contributed by atoms with Gasteiger partial charge < -0.3 is 14.7 Å². The second-order valence-electron chi connectivity index (χ2n) is 14.5. The fourth-order valence-electron chi connectivity index (χ4n) is 9.48. The van der Waals surface area contributed by atoms with E-state index in [1.54, 1.807) is 7.11 Å². The van der Waals surface area contributed by atoms with E-state index in [0.29, 0.717) is 0 Å². The molecule has 53 heavy (non-hydrogen) atoms. The zero-order chi connectivity index (χ0) is 37.0. The Morgan fingerprint density at radius 3 is 1.92 bits per heavy atom. The quantitative estimate of drug-likeness (QED) is 0.158. The lowest BCUT2D eigenvalue weighted by Gasteiger charge is -2.11. The number of nitrogens with zero attached hydrogens (tertiary/aromatic N) is 2. The van der Waals surface area contributed by atoms with Crippen LogP contribution in [0.3, 0.4) is 0 Å². The molecule has 8 bridgehead atoms. The Kier molecular flexibility index (Phi) is 9.22. The van der Waals surface area contributed by atoms with Crippen molar-refractivity contribution < 1.29 is 4.74 Å². The van der Waals surface area contributed by atoms with Crippen molar-refractivity contribution in [1.29, 1.82) is 0 Å². The summed E-state index contributed by atoms with van der Waals surface area (Å²) >= 11 is 0. The number of hydrogen-bond donors (Lipinski definition) is 2. The lowest BCUT2D eigenvalue weighted by atomic mass is 9.90. The summed E-state index contributed by atoms with van der Waals surface area (Å²) in [6.45, 7) is 16.0. The van der Waals surface area contributed by atoms with Crippen molar-refractivity contribution in [3.63, 3.8) is 0 Å². The first-order valence-electron chi connectivity index (χ1n) is 19.9. The van der Waals surface area contributed by atoms with Crippen LogP contribution >= 0.6 is 0 Å². The number of aryl methyl sites for hydroxylation is 4. The molecule has 5 heteroatoms. The molecule has 2 aliphatic heterocycles. The van der Waals surface area contributed by atoms with E-state index >= 15 is 0 Å². The lowest BCUT2D eigenvalue weighted by molar-refractivity contribution is 0.415. The second kappa shape index (κ2) is 14.0. The highest BCUT2D eigenvalue weighted by atomic mass is 16.5. The summed E-state index contributed by atoms with van der Waals surface area (Å²) in [7, 11) is 1.73. The van der Waals surface area contributed by atoms with Crippen LogP contribution in [-0.4, -0.2) is 27.0 Å². The molecule has 0 radical (unpaired) electrons. The summed E-state index contributed by atoms with van der Waals surface area (Å²) in [5, 5.41) is 3.74. The number of allylic oxidation sites excluding steroid dienone is 2. The van der Waals surface area contributed by atoms with E-state index < -0.39 is 0 Å². The van der Waals surface area contributed by atoms with Crippen molar-refractivity contribution in [3.05, 3.63) is 112 Å². The molecule has 2 N–H and O–H groups in total. The highest BCUT2D eigenvalue weighted by molar-refractivity contribution is 6.16. The molecule has 8 rings (SSSR count). The van der Waals surface area contributed by atoms with Crippen molar-refractivity contribution in [2.45, 2.75) is 99.3 Å². The third kappa shape index (κ3) is 5.42. The van der Waals surface area contributed by atoms with E-state index in [1.165, 1.54) is 60.6 Å². The number of methoxy groups -OCH3 is 1. The van der Waals surface area contributed by atoms with E-state index in [2.05, 4.69) is 125 Å². The Morgan fingerprint density at radius 2 is 1.28 bits per heavy atom. The molecular formula is C48H52N4O. The van der Waals surface area contributed by atoms with E-state index in [9.17, 15) is 0 Å². The third-order valence-corrected chi connectivity index (χ3v) is 11.9. The van der Waals surface area contributed by atoms with Gasteiger partial charge in [0.15, 0.2) is 0 Å². The summed E-state index contributed by atoms with van der Waals surface area (Å²) < 4.78 is 5.62. The third-order valence-electron chi connectivity index (χ3n) is 11.9. The first kappa shape index (κ1) is 34.9. The van der Waals surface area contributed by atoms with E-state index in [0.717, 1.165) is 101 Å². The number of nitrogens with one attached hydrogen (secondary N) is 2. The number of fused-ring (bicyclic) bond motifs is 10. The SMILES string of the molecule is CCC1=C(CC)c2nc1cc1[nH]c(c(CC)c1CC)c1c3nc(cc4[nH]c(c(CC)c4CC)c2-c2ccc(OC)cc2)C(CC)c3cc2ccccc21. The van der Waals surface area contributed by atoms with Gasteiger partial charge in [-0.2, -0.15) is 0 Å². The Labute approximate surface area is 313 Å². The summed E-state index contributed by atoms with van der Waals surface area (Å²) in [5.41, 5.74) is 20.8. The van der Waals surface area contributed by atoms with Crippen molar-refractivity contribution in [1.82, 2.24) is 19.9 Å². The molecule has 5 nitrogen and oxygen atoms in total. The van der Waals surface area contributed by atoms with E-state index in [1.807, 2.05) is 0 Å². The van der Waals surface area contributed by atoms with Gasteiger partial charge >= 0.3 is 0 Å². The standard InChI is InChI=1S/C48H52N4O/c1-9-30-34(13-5)45-43(27-20-22-29(53-8)23-21-27)46-35(14-6)31(10-2)40(50-46)26-42-33(12-4)38-24-28-18-16-17-19-37(28)44(48(38)52-42)47-36(15-7)32(11-3)41(51-47)25-39(30)49-45/h16-26,33,50-51H,9-15H2,1-8H3. The first-order valence-corrected chi connectivity index (χ1v) is 19.9. The van der Waals surface area contributed by atoms with E-state index in [4.69, 9.17) is 14.7 Å². The summed E-state index contributed by atoms with van der Waals surface area (Å²) in [5.74, 6) is 1.05. The predicted molar refractivity (Wildman–Crippen MR) is 225 cm³/mol. The lowest BCUT2D eigenvalue weighted by Crippen LogP contribution is -1.95. The monoisotopic (exact) mass is 700 g/mol. The normalized spacial score (nSPS) is 14.3. The smallest absolute Gasteiger partial charge is 0.118 e. The van der Waals surface area contributed by atoms with Gasteiger partial charge in [-0.05, 0) is 131 Å². The van der Waals surface area contributed by atoms with Crippen LogP contribution in [0.25, 0.3) is 66.0 Å². The molecule has 1 atom stereocenters. The number of rotatable bonds is 9. The van der Waals surface area contributed by atoms with Gasteiger partial charge in [-0.15, -0.1) is 0 Å². The zero-order valence-corrected chi connectivity index (χ0v) is 32.7. The number of aromatic amines is 2. The van der Waals surface area contributed by atoms with Gasteiger partial charge in [0.05, 0.1) is 40.7 Å². The molecule has 0 aliphatic carbocycles. The number of ether oxygens (including phenoxy) is 1. The van der Waals surface area contributed by atoms with Gasteiger partial charge in [0.1, 0.15) is 5.75 Å². The Morgan fingerprint density at radius 1 is 0.642 bits per heavy atom. The Bertz CT molecular complexity index is 2600. The molecule has 2 aliphatic rings. The molecule has 1 unspecified atom stereocenters. The van der Waals surface area contributed by atoms with Crippen molar-refractivity contribution in [2.75, 3.05) is 7.11 Å². The summed E-state index contributed by atoms with van der Waals surface area (Å²) in [4.78, 5) is 19.4. The molecular weight excluding hydrogens is 649 g/mol. The maximum atomic E-state index is 5.66. The van der Waals surface area contributed by atoms with Gasteiger partial charge in [-0.25, -0.2) is 4.98 Å². The Balaban J connectivity index is 1.67. The van der Waals surface area contributed by atoms with Crippen molar-refractivity contribution in [2.24, 2.45) is 0 Å². The molecule has 0 saturated carbocycles. The van der Waals surface area contributed by atoms with Crippen molar-refractivity contribution in [3.8, 4) is 16.9 Å². The summed E-state index contributed by atoms with van der Waals surface area (Å²) in [6.07, 6.45) is 6.48. The van der Waals surface area contributed by atoms with Crippen LogP contribution in [0.15, 0.2) is 66.7 Å². The topological polar surface area (TPSA) is 66.6 Å². The maximum absolute atomic E-state index is 5.66. The maximum Gasteiger partial charge on any atom is 0.118 e. The van der Waals surface area contributed by atoms with Crippen molar-refractivity contribution >= 4 is 54.9 Å². The van der Waals surface area contributed by atoms with Crippen LogP contribution in [0, 0.1) is 0 Å². The molecule has 0 amide bonds. The minimum atomic E-state index is 0.199. The van der Waals surface area contributed by atoms with E-state index in [-0.39, 0.29) is 5.92 Å². The molecule has 3 aromatic heterocycles. The fraction of sp³-hybridized carbons (Fsp3) is 0.333. The van der Waals surface area contributed by atoms with Gasteiger partial charge in [0.25, 0.3) is 0 Å². The zero-order valence-electron chi connectivity index (χ0n) is 32.7. The first-order chi connectivity index (χ1) is 25.9. The summed E-state index contributed by atoms with van der Waals surface area (Å²) in [6, 6.07) is 24.5. The average molecular weight is 701 g/mol.